The van der Waals surface area contributed by atoms with Gasteiger partial charge in [-0.2, -0.15) is 4.98 Å². The number of benzene rings is 2. The first-order chi connectivity index (χ1) is 16.1. The zero-order chi connectivity index (χ0) is 22.8. The highest BCUT2D eigenvalue weighted by atomic mass is 16.7. The molecule has 172 valence electrons. The fourth-order valence-electron chi connectivity index (χ4n) is 4.06. The summed E-state index contributed by atoms with van der Waals surface area (Å²) in [7, 11) is 0. The van der Waals surface area contributed by atoms with Gasteiger partial charge in [0.2, 0.25) is 24.4 Å². The largest absolute Gasteiger partial charge is 0.490 e. The van der Waals surface area contributed by atoms with E-state index in [4.69, 9.17) is 23.5 Å². The number of aromatic nitrogens is 2. The predicted octanol–water partition coefficient (Wildman–Crippen LogP) is 3.78. The lowest BCUT2D eigenvalue weighted by Crippen LogP contribution is -2.24. The van der Waals surface area contributed by atoms with Crippen molar-refractivity contribution in [2.45, 2.75) is 32.7 Å². The summed E-state index contributed by atoms with van der Waals surface area (Å²) < 4.78 is 27.6. The summed E-state index contributed by atoms with van der Waals surface area (Å²) in [4.78, 5) is 19.0. The van der Waals surface area contributed by atoms with Crippen molar-refractivity contribution >= 4 is 5.91 Å². The standard InChI is InChI=1S/C24H25N3O6/c1-3-29-18-7-5-15(9-20(18)30-4-2)12-27-13-17(11-22(27)28)24-25-23(26-33-24)16-6-8-19-21(10-16)32-14-31-19/h5-10,17H,3-4,11-14H2,1-2H3. The van der Waals surface area contributed by atoms with Crippen molar-refractivity contribution in [3.8, 4) is 34.4 Å². The molecule has 0 aliphatic carbocycles. The number of amides is 1. The number of carbonyl (C=O) groups excluding carboxylic acids is 1. The quantitative estimate of drug-likeness (QED) is 0.511. The van der Waals surface area contributed by atoms with Crippen molar-refractivity contribution in [2.75, 3.05) is 26.6 Å². The molecule has 0 N–H and O–H groups in total. The fraction of sp³-hybridized carbons (Fsp3) is 0.375. The molecule has 2 aliphatic rings. The van der Waals surface area contributed by atoms with Gasteiger partial charge in [-0.3, -0.25) is 4.79 Å². The lowest BCUT2D eigenvalue weighted by atomic mass is 10.1. The molecule has 9 heteroatoms. The summed E-state index contributed by atoms with van der Waals surface area (Å²) in [6.07, 6.45) is 0.331. The molecule has 2 aliphatic heterocycles. The van der Waals surface area contributed by atoms with Gasteiger partial charge in [0, 0.05) is 25.1 Å². The number of ether oxygens (including phenoxy) is 4. The van der Waals surface area contributed by atoms with Crippen LogP contribution in [0.1, 0.15) is 37.6 Å². The van der Waals surface area contributed by atoms with Crippen molar-refractivity contribution in [1.82, 2.24) is 15.0 Å². The highest BCUT2D eigenvalue weighted by molar-refractivity contribution is 5.79. The summed E-state index contributed by atoms with van der Waals surface area (Å²) in [5, 5.41) is 4.11. The van der Waals surface area contributed by atoms with E-state index in [1.807, 2.05) is 50.2 Å². The van der Waals surface area contributed by atoms with Gasteiger partial charge in [0.15, 0.2) is 23.0 Å². The maximum absolute atomic E-state index is 12.7. The topological polar surface area (TPSA) is 96.2 Å². The molecule has 5 rings (SSSR count). The second-order valence-electron chi connectivity index (χ2n) is 7.85. The Bertz CT molecular complexity index is 1160. The predicted molar refractivity (Wildman–Crippen MR) is 117 cm³/mol. The van der Waals surface area contributed by atoms with E-state index < -0.39 is 0 Å². The van der Waals surface area contributed by atoms with Gasteiger partial charge in [-0.15, -0.1) is 0 Å². The molecule has 1 saturated heterocycles. The van der Waals surface area contributed by atoms with Crippen LogP contribution in [0.4, 0.5) is 0 Å². The van der Waals surface area contributed by atoms with E-state index in [1.54, 1.807) is 4.90 Å². The van der Waals surface area contributed by atoms with Crippen LogP contribution in [0.2, 0.25) is 0 Å². The Morgan fingerprint density at radius 1 is 1.03 bits per heavy atom. The molecule has 1 amide bonds. The fourth-order valence-corrected chi connectivity index (χ4v) is 4.06. The van der Waals surface area contributed by atoms with Gasteiger partial charge in [0.05, 0.1) is 19.1 Å². The number of fused-ring (bicyclic) bond motifs is 1. The van der Waals surface area contributed by atoms with Gasteiger partial charge >= 0.3 is 0 Å². The third-order valence-corrected chi connectivity index (χ3v) is 5.62. The molecule has 1 fully saturated rings. The summed E-state index contributed by atoms with van der Waals surface area (Å²) in [5.41, 5.74) is 1.75. The van der Waals surface area contributed by atoms with Crippen molar-refractivity contribution in [2.24, 2.45) is 0 Å². The van der Waals surface area contributed by atoms with Gasteiger partial charge in [-0.05, 0) is 49.7 Å². The molecule has 0 spiro atoms. The maximum Gasteiger partial charge on any atom is 0.232 e. The van der Waals surface area contributed by atoms with Crippen LogP contribution in [0.3, 0.4) is 0 Å². The number of likely N-dealkylation sites (tertiary alicyclic amines) is 1. The van der Waals surface area contributed by atoms with E-state index in [2.05, 4.69) is 10.1 Å². The number of hydrogen-bond acceptors (Lipinski definition) is 8. The van der Waals surface area contributed by atoms with E-state index in [9.17, 15) is 4.79 Å². The van der Waals surface area contributed by atoms with Crippen molar-refractivity contribution in [3.05, 3.63) is 47.9 Å². The maximum atomic E-state index is 12.7. The van der Waals surface area contributed by atoms with Crippen molar-refractivity contribution in [3.63, 3.8) is 0 Å². The number of hydrogen-bond donors (Lipinski definition) is 0. The highest BCUT2D eigenvalue weighted by Gasteiger charge is 2.34. The highest BCUT2D eigenvalue weighted by Crippen LogP contribution is 2.36. The Morgan fingerprint density at radius 3 is 2.70 bits per heavy atom. The van der Waals surface area contributed by atoms with Crippen LogP contribution in [0.25, 0.3) is 11.4 Å². The Kier molecular flexibility index (Phi) is 5.77. The molecule has 3 heterocycles. The third kappa shape index (κ3) is 4.30. The van der Waals surface area contributed by atoms with E-state index in [0.717, 1.165) is 11.1 Å². The lowest BCUT2D eigenvalue weighted by Gasteiger charge is -2.18. The second kappa shape index (κ2) is 9.01. The van der Waals surface area contributed by atoms with Crippen molar-refractivity contribution < 1.29 is 28.3 Å². The van der Waals surface area contributed by atoms with E-state index in [0.29, 0.717) is 67.4 Å². The second-order valence-corrected chi connectivity index (χ2v) is 7.85. The van der Waals surface area contributed by atoms with Gasteiger partial charge in [0.1, 0.15) is 0 Å². The van der Waals surface area contributed by atoms with Crippen LogP contribution >= 0.6 is 0 Å². The summed E-state index contributed by atoms with van der Waals surface area (Å²) in [5.74, 6) is 3.56. The molecule has 0 saturated carbocycles. The van der Waals surface area contributed by atoms with Gasteiger partial charge in [-0.25, -0.2) is 0 Å². The molecule has 9 nitrogen and oxygen atoms in total. The monoisotopic (exact) mass is 451 g/mol. The normalized spacial score (nSPS) is 17.0. The molecule has 1 atom stereocenters. The van der Waals surface area contributed by atoms with Crippen LogP contribution in [0.15, 0.2) is 40.9 Å². The zero-order valence-electron chi connectivity index (χ0n) is 18.6. The molecular weight excluding hydrogens is 426 g/mol. The molecule has 1 aromatic heterocycles. The summed E-state index contributed by atoms with van der Waals surface area (Å²) in [6, 6.07) is 11.3. The summed E-state index contributed by atoms with van der Waals surface area (Å²) in [6.45, 7) is 6.16. The third-order valence-electron chi connectivity index (χ3n) is 5.62. The first-order valence-electron chi connectivity index (χ1n) is 11.0. The van der Waals surface area contributed by atoms with Gasteiger partial charge < -0.3 is 28.4 Å². The molecule has 33 heavy (non-hydrogen) atoms. The lowest BCUT2D eigenvalue weighted by molar-refractivity contribution is -0.128. The minimum atomic E-state index is -0.151. The Balaban J connectivity index is 1.28. The molecule has 3 aromatic rings. The molecule has 1 unspecified atom stereocenters. The average molecular weight is 451 g/mol. The van der Waals surface area contributed by atoms with E-state index in [-0.39, 0.29) is 18.6 Å². The molecule has 0 bridgehead atoms. The van der Waals surface area contributed by atoms with E-state index in [1.165, 1.54) is 0 Å². The van der Waals surface area contributed by atoms with Crippen molar-refractivity contribution in [1.29, 1.82) is 0 Å². The van der Waals surface area contributed by atoms with Crippen LogP contribution in [-0.4, -0.2) is 47.5 Å². The van der Waals surface area contributed by atoms with Gasteiger partial charge in [-0.1, -0.05) is 11.2 Å². The Labute approximate surface area is 191 Å². The van der Waals surface area contributed by atoms with Crippen LogP contribution in [0, 0.1) is 0 Å². The molecular formula is C24H25N3O6. The molecule has 0 radical (unpaired) electrons. The number of carbonyl (C=O) groups is 1. The van der Waals surface area contributed by atoms with Crippen LogP contribution in [-0.2, 0) is 11.3 Å². The van der Waals surface area contributed by atoms with Crippen LogP contribution in [0.5, 0.6) is 23.0 Å². The average Bonchev–Trinajstić information content (AvgIpc) is 3.55. The minimum Gasteiger partial charge on any atom is -0.490 e. The van der Waals surface area contributed by atoms with Gasteiger partial charge in [0.25, 0.3) is 0 Å². The smallest absolute Gasteiger partial charge is 0.232 e. The minimum absolute atomic E-state index is 0.0506. The molecule has 2 aromatic carbocycles. The zero-order valence-corrected chi connectivity index (χ0v) is 18.6. The van der Waals surface area contributed by atoms with Crippen LogP contribution < -0.4 is 18.9 Å². The first kappa shape index (κ1) is 21.1. The first-order valence-corrected chi connectivity index (χ1v) is 11.0. The Hall–Kier alpha value is -3.75. The van der Waals surface area contributed by atoms with E-state index >= 15 is 0 Å². The number of nitrogens with zero attached hydrogens (tertiary/aromatic N) is 3. The SMILES string of the molecule is CCOc1ccc(CN2CC(c3nc(-c4ccc5c(c4)OCO5)no3)CC2=O)cc1OCC. The Morgan fingerprint density at radius 2 is 1.85 bits per heavy atom. The summed E-state index contributed by atoms with van der Waals surface area (Å²) >= 11 is 0. The number of rotatable bonds is 8.